The van der Waals surface area contributed by atoms with Gasteiger partial charge in [0.25, 0.3) is 5.91 Å². The van der Waals surface area contributed by atoms with Gasteiger partial charge in [-0.2, -0.15) is 0 Å². The number of hydrogen-bond acceptors (Lipinski definition) is 1. The average Bonchev–Trinajstić information content (AvgIpc) is 2.64. The van der Waals surface area contributed by atoms with Gasteiger partial charge in [-0.05, 0) is 42.0 Å². The van der Waals surface area contributed by atoms with Crippen LogP contribution in [-0.2, 0) is 4.79 Å². The van der Waals surface area contributed by atoms with Gasteiger partial charge in [-0.3, -0.25) is 4.79 Å². The Morgan fingerprint density at radius 3 is 2.60 bits per heavy atom. The largest absolute Gasteiger partial charge is 0.321 e. The number of nitrogens with one attached hydrogen (secondary N) is 1. The molecule has 1 aliphatic heterocycles. The van der Waals surface area contributed by atoms with Gasteiger partial charge in [-0.25, -0.2) is 0 Å². The van der Waals surface area contributed by atoms with Crippen LogP contribution in [-0.4, -0.2) is 5.91 Å². The number of benzene rings is 2. The highest BCUT2D eigenvalue weighted by Gasteiger charge is 2.24. The third-order valence-electron chi connectivity index (χ3n) is 2.96. The van der Waals surface area contributed by atoms with Gasteiger partial charge in [0.05, 0.1) is 5.69 Å². The molecule has 0 bridgehead atoms. The third kappa shape index (κ3) is 2.62. The zero-order chi connectivity index (χ0) is 14.3. The van der Waals surface area contributed by atoms with Crippen LogP contribution >= 0.6 is 39.1 Å². The molecule has 0 saturated carbocycles. The molecular formula is C15H8BrCl2NO. The lowest BCUT2D eigenvalue weighted by molar-refractivity contribution is -0.110. The first-order chi connectivity index (χ1) is 9.52. The minimum atomic E-state index is -0.140. The number of rotatable bonds is 1. The van der Waals surface area contributed by atoms with Gasteiger partial charge in [-0.1, -0.05) is 45.2 Å². The topological polar surface area (TPSA) is 29.1 Å². The summed E-state index contributed by atoms with van der Waals surface area (Å²) in [6.07, 6.45) is 1.81. The van der Waals surface area contributed by atoms with Gasteiger partial charge in [-0.15, -0.1) is 0 Å². The van der Waals surface area contributed by atoms with Crippen molar-refractivity contribution in [2.45, 2.75) is 0 Å². The van der Waals surface area contributed by atoms with Gasteiger partial charge in [0.2, 0.25) is 0 Å². The summed E-state index contributed by atoms with van der Waals surface area (Å²) in [5.74, 6) is -0.140. The zero-order valence-corrected chi connectivity index (χ0v) is 13.2. The van der Waals surface area contributed by atoms with Crippen molar-refractivity contribution in [2.75, 3.05) is 5.32 Å². The van der Waals surface area contributed by atoms with E-state index >= 15 is 0 Å². The maximum absolute atomic E-state index is 12.0. The van der Waals surface area contributed by atoms with Crippen LogP contribution < -0.4 is 5.32 Å². The van der Waals surface area contributed by atoms with Crippen LogP contribution in [0.15, 0.2) is 40.9 Å². The van der Waals surface area contributed by atoms with E-state index in [0.29, 0.717) is 15.6 Å². The molecule has 5 heteroatoms. The summed E-state index contributed by atoms with van der Waals surface area (Å²) in [5.41, 5.74) is 3.04. The first-order valence-corrected chi connectivity index (χ1v) is 7.37. The molecule has 20 heavy (non-hydrogen) atoms. The molecule has 0 unspecified atom stereocenters. The molecular weight excluding hydrogens is 361 g/mol. The first kappa shape index (κ1) is 13.7. The fourth-order valence-electron chi connectivity index (χ4n) is 2.14. The van der Waals surface area contributed by atoms with E-state index in [1.165, 1.54) is 0 Å². The summed E-state index contributed by atoms with van der Waals surface area (Å²) in [5, 5.41) is 4.01. The van der Waals surface area contributed by atoms with Crippen molar-refractivity contribution >= 4 is 62.4 Å². The van der Waals surface area contributed by atoms with Crippen molar-refractivity contribution in [3.8, 4) is 0 Å². The smallest absolute Gasteiger partial charge is 0.256 e. The fourth-order valence-corrected chi connectivity index (χ4v) is 3.19. The van der Waals surface area contributed by atoms with E-state index in [4.69, 9.17) is 23.2 Å². The van der Waals surface area contributed by atoms with Crippen LogP contribution in [0.25, 0.3) is 11.6 Å². The maximum Gasteiger partial charge on any atom is 0.256 e. The van der Waals surface area contributed by atoms with Gasteiger partial charge in [0.15, 0.2) is 0 Å². The molecule has 0 spiro atoms. The Bertz CT molecular complexity index is 735. The lowest BCUT2D eigenvalue weighted by Gasteiger charge is -2.01. The van der Waals surface area contributed by atoms with Crippen LogP contribution in [0, 0.1) is 0 Å². The number of hydrogen-bond donors (Lipinski definition) is 1. The predicted molar refractivity (Wildman–Crippen MR) is 87.1 cm³/mol. The third-order valence-corrected chi connectivity index (χ3v) is 3.87. The second-order valence-electron chi connectivity index (χ2n) is 4.40. The number of amides is 1. The van der Waals surface area contributed by atoms with Crippen LogP contribution in [0.1, 0.15) is 11.1 Å². The summed E-state index contributed by atoms with van der Waals surface area (Å²) in [6, 6.07) is 10.8. The lowest BCUT2D eigenvalue weighted by Crippen LogP contribution is -2.03. The van der Waals surface area contributed by atoms with Gasteiger partial charge >= 0.3 is 0 Å². The van der Waals surface area contributed by atoms with Gasteiger partial charge in [0.1, 0.15) is 0 Å². The highest BCUT2D eigenvalue weighted by Crippen LogP contribution is 2.35. The Hall–Kier alpha value is -1.29. The molecule has 2 aromatic carbocycles. The fraction of sp³-hybridized carbons (Fsp3) is 0. The quantitative estimate of drug-likeness (QED) is 0.684. The van der Waals surface area contributed by atoms with Crippen molar-refractivity contribution < 1.29 is 4.79 Å². The summed E-state index contributed by atoms with van der Waals surface area (Å²) in [6.45, 7) is 0. The number of carbonyl (C=O) groups excluding carboxylic acids is 1. The molecule has 0 fully saturated rings. The maximum atomic E-state index is 12.0. The molecule has 0 radical (unpaired) electrons. The summed E-state index contributed by atoms with van der Waals surface area (Å²) < 4.78 is 0.867. The van der Waals surface area contributed by atoms with E-state index in [1.807, 2.05) is 18.2 Å². The number of anilines is 1. The SMILES string of the molecule is O=C1Nc2cc(Cl)ccc2/C1=C\c1cc(Cl)cc(Br)c1. The van der Waals surface area contributed by atoms with Crippen molar-refractivity contribution in [1.29, 1.82) is 0 Å². The Balaban J connectivity index is 2.11. The number of carbonyl (C=O) groups is 1. The highest BCUT2D eigenvalue weighted by atomic mass is 79.9. The normalized spacial score (nSPS) is 15.3. The van der Waals surface area contributed by atoms with Crippen molar-refractivity contribution in [3.63, 3.8) is 0 Å². The molecule has 0 atom stereocenters. The molecule has 1 amide bonds. The second kappa shape index (κ2) is 5.24. The summed E-state index contributed by atoms with van der Waals surface area (Å²) in [4.78, 5) is 12.0. The van der Waals surface area contributed by atoms with Gasteiger partial charge in [0, 0.05) is 25.7 Å². The molecule has 100 valence electrons. The van der Waals surface area contributed by atoms with E-state index in [2.05, 4.69) is 21.2 Å². The Morgan fingerprint density at radius 1 is 1.05 bits per heavy atom. The van der Waals surface area contributed by atoms with E-state index in [9.17, 15) is 4.79 Å². The lowest BCUT2D eigenvalue weighted by atomic mass is 10.0. The molecule has 0 aromatic heterocycles. The average molecular weight is 369 g/mol. The van der Waals surface area contributed by atoms with E-state index in [0.717, 1.165) is 21.3 Å². The van der Waals surface area contributed by atoms with Gasteiger partial charge < -0.3 is 5.32 Å². The minimum Gasteiger partial charge on any atom is -0.321 e. The Kier molecular flexibility index (Phi) is 3.59. The zero-order valence-electron chi connectivity index (χ0n) is 10.1. The molecule has 3 rings (SSSR count). The molecule has 2 nitrogen and oxygen atoms in total. The number of halogens is 3. The van der Waals surface area contributed by atoms with E-state index < -0.39 is 0 Å². The van der Waals surface area contributed by atoms with Crippen LogP contribution in [0.4, 0.5) is 5.69 Å². The van der Waals surface area contributed by atoms with Crippen molar-refractivity contribution in [1.82, 2.24) is 0 Å². The van der Waals surface area contributed by atoms with E-state index in [1.54, 1.807) is 24.3 Å². The molecule has 0 saturated heterocycles. The standard InChI is InChI=1S/C15H8BrCl2NO/c16-9-3-8(4-11(18)6-9)5-13-12-2-1-10(17)7-14(12)19-15(13)20/h1-7H,(H,19,20)/b13-5+. The highest BCUT2D eigenvalue weighted by molar-refractivity contribution is 9.10. The molecule has 1 heterocycles. The number of fused-ring (bicyclic) bond motifs is 1. The molecule has 1 N–H and O–H groups in total. The minimum absolute atomic E-state index is 0.140. The first-order valence-electron chi connectivity index (χ1n) is 5.82. The Morgan fingerprint density at radius 2 is 1.85 bits per heavy atom. The molecule has 2 aromatic rings. The van der Waals surface area contributed by atoms with Crippen molar-refractivity contribution in [2.24, 2.45) is 0 Å². The Labute approximate surface area is 134 Å². The van der Waals surface area contributed by atoms with Crippen LogP contribution in [0.5, 0.6) is 0 Å². The summed E-state index contributed by atoms with van der Waals surface area (Å²) in [7, 11) is 0. The molecule has 0 aliphatic carbocycles. The van der Waals surface area contributed by atoms with Crippen molar-refractivity contribution in [3.05, 3.63) is 62.0 Å². The van der Waals surface area contributed by atoms with Crippen LogP contribution in [0.3, 0.4) is 0 Å². The molecule has 1 aliphatic rings. The second-order valence-corrected chi connectivity index (χ2v) is 6.19. The van der Waals surface area contributed by atoms with Crippen LogP contribution in [0.2, 0.25) is 10.0 Å². The predicted octanol–water partition coefficient (Wildman–Crippen LogP) is 5.25. The summed E-state index contributed by atoms with van der Waals surface area (Å²) >= 11 is 15.3. The monoisotopic (exact) mass is 367 g/mol. The van der Waals surface area contributed by atoms with E-state index in [-0.39, 0.29) is 5.91 Å².